The molecule has 1 aromatic carbocycles. The van der Waals surface area contributed by atoms with Gasteiger partial charge in [0.2, 0.25) is 5.91 Å². The average molecular weight is 334 g/mol. The first-order valence-electron chi connectivity index (χ1n) is 9.16. The van der Waals surface area contributed by atoms with E-state index in [2.05, 4.69) is 65.1 Å². The zero-order valence-corrected chi connectivity index (χ0v) is 16.6. The van der Waals surface area contributed by atoms with Crippen molar-refractivity contribution in [3.63, 3.8) is 0 Å². The largest absolute Gasteiger partial charge is 0.493 e. The van der Waals surface area contributed by atoms with Crippen LogP contribution in [0, 0.1) is 0 Å². The molecule has 1 aromatic rings. The van der Waals surface area contributed by atoms with Gasteiger partial charge >= 0.3 is 0 Å². The summed E-state index contributed by atoms with van der Waals surface area (Å²) in [6.07, 6.45) is 2.98. The van der Waals surface area contributed by atoms with Crippen LogP contribution in [-0.4, -0.2) is 19.1 Å². The average Bonchev–Trinajstić information content (AvgIpc) is 2.54. The summed E-state index contributed by atoms with van der Waals surface area (Å²) in [6, 6.07) is 6.65. The van der Waals surface area contributed by atoms with Gasteiger partial charge in [0.25, 0.3) is 0 Å². The highest BCUT2D eigenvalue weighted by Gasteiger charge is 2.26. The Morgan fingerprint density at radius 2 is 1.71 bits per heavy atom. The number of amides is 1. The van der Waals surface area contributed by atoms with Crippen molar-refractivity contribution in [1.29, 1.82) is 0 Å². The quantitative estimate of drug-likeness (QED) is 0.648. The summed E-state index contributed by atoms with van der Waals surface area (Å²) in [7, 11) is 0. The molecule has 0 saturated heterocycles. The number of hydrogen-bond acceptors (Lipinski definition) is 2. The van der Waals surface area contributed by atoms with E-state index in [-0.39, 0.29) is 16.7 Å². The third kappa shape index (κ3) is 5.54. The van der Waals surface area contributed by atoms with Crippen LogP contribution < -0.4 is 10.1 Å². The van der Waals surface area contributed by atoms with Gasteiger partial charge in [-0.3, -0.25) is 4.79 Å². The van der Waals surface area contributed by atoms with Gasteiger partial charge in [-0.05, 0) is 41.7 Å². The molecule has 0 atom stereocenters. The van der Waals surface area contributed by atoms with Crippen molar-refractivity contribution in [2.45, 2.75) is 78.6 Å². The van der Waals surface area contributed by atoms with Gasteiger partial charge in [0.1, 0.15) is 5.75 Å². The van der Waals surface area contributed by atoms with E-state index in [0.29, 0.717) is 13.2 Å². The first-order valence-corrected chi connectivity index (χ1v) is 9.16. The monoisotopic (exact) mass is 333 g/mol. The van der Waals surface area contributed by atoms with Crippen molar-refractivity contribution in [2.24, 2.45) is 0 Å². The Morgan fingerprint density at radius 3 is 2.25 bits per heavy atom. The molecular weight excluding hydrogens is 298 g/mol. The van der Waals surface area contributed by atoms with Crippen molar-refractivity contribution in [2.75, 3.05) is 13.2 Å². The van der Waals surface area contributed by atoms with E-state index in [9.17, 15) is 4.79 Å². The van der Waals surface area contributed by atoms with Crippen LogP contribution in [-0.2, 0) is 15.6 Å². The minimum absolute atomic E-state index is 0.00829. The van der Waals surface area contributed by atoms with E-state index in [0.717, 1.165) is 25.0 Å². The van der Waals surface area contributed by atoms with Gasteiger partial charge in [-0.15, -0.1) is 0 Å². The molecule has 0 spiro atoms. The highest BCUT2D eigenvalue weighted by molar-refractivity contribution is 5.72. The zero-order chi connectivity index (χ0) is 18.4. The number of carbonyl (C=O) groups is 1. The van der Waals surface area contributed by atoms with Crippen LogP contribution in [0.15, 0.2) is 18.2 Å². The first-order chi connectivity index (χ1) is 11.1. The van der Waals surface area contributed by atoms with Crippen LogP contribution in [0.25, 0.3) is 0 Å². The number of ether oxygens (including phenoxy) is 1. The molecular formula is C21H35NO2. The van der Waals surface area contributed by atoms with Crippen LogP contribution in [0.2, 0.25) is 0 Å². The summed E-state index contributed by atoms with van der Waals surface area (Å²) in [5.74, 6) is 0.981. The fraction of sp³-hybridized carbons (Fsp3) is 0.667. The highest BCUT2D eigenvalue weighted by atomic mass is 16.5. The highest BCUT2D eigenvalue weighted by Crippen LogP contribution is 2.38. The van der Waals surface area contributed by atoms with Crippen LogP contribution in [0.1, 0.15) is 78.9 Å². The summed E-state index contributed by atoms with van der Waals surface area (Å²) < 4.78 is 6.06. The Hall–Kier alpha value is -1.51. The lowest BCUT2D eigenvalue weighted by Crippen LogP contribution is -2.23. The number of nitrogens with one attached hydrogen (secondary N) is 1. The van der Waals surface area contributed by atoms with Gasteiger partial charge in [0.05, 0.1) is 6.61 Å². The molecule has 0 radical (unpaired) electrons. The second-order valence-electron chi connectivity index (χ2n) is 7.87. The Labute approximate surface area is 148 Å². The van der Waals surface area contributed by atoms with Gasteiger partial charge in [0, 0.05) is 19.0 Å². The third-order valence-corrected chi connectivity index (χ3v) is 5.21. The van der Waals surface area contributed by atoms with Crippen molar-refractivity contribution in [1.82, 2.24) is 5.32 Å². The van der Waals surface area contributed by atoms with Crippen LogP contribution in [0.3, 0.4) is 0 Å². The molecule has 24 heavy (non-hydrogen) atoms. The number of rotatable bonds is 9. The smallest absolute Gasteiger partial charge is 0.216 e. The molecule has 0 aliphatic carbocycles. The molecule has 0 aliphatic rings. The van der Waals surface area contributed by atoms with Crippen molar-refractivity contribution < 1.29 is 9.53 Å². The van der Waals surface area contributed by atoms with E-state index in [1.807, 2.05) is 0 Å². The summed E-state index contributed by atoms with van der Waals surface area (Å²) >= 11 is 0. The number of carbonyl (C=O) groups excluding carboxylic acids is 1. The molecule has 0 unspecified atom stereocenters. The molecule has 0 fully saturated rings. The number of hydrogen-bond donors (Lipinski definition) is 1. The second kappa shape index (κ2) is 8.55. The van der Waals surface area contributed by atoms with Crippen LogP contribution in [0.5, 0.6) is 5.75 Å². The molecule has 0 heterocycles. The maximum absolute atomic E-state index is 10.9. The van der Waals surface area contributed by atoms with E-state index in [1.54, 1.807) is 0 Å². The Bertz CT molecular complexity index is 547. The predicted molar refractivity (Wildman–Crippen MR) is 102 cm³/mol. The van der Waals surface area contributed by atoms with E-state index < -0.39 is 0 Å². The van der Waals surface area contributed by atoms with E-state index in [1.165, 1.54) is 18.1 Å². The Kier molecular flexibility index (Phi) is 7.31. The molecule has 1 amide bonds. The molecule has 0 saturated carbocycles. The van der Waals surface area contributed by atoms with Gasteiger partial charge < -0.3 is 10.1 Å². The molecule has 3 nitrogen and oxygen atoms in total. The molecule has 136 valence electrons. The van der Waals surface area contributed by atoms with Crippen molar-refractivity contribution in [3.05, 3.63) is 29.3 Å². The van der Waals surface area contributed by atoms with Crippen molar-refractivity contribution in [3.8, 4) is 5.75 Å². The zero-order valence-electron chi connectivity index (χ0n) is 16.6. The van der Waals surface area contributed by atoms with Crippen molar-refractivity contribution >= 4 is 5.91 Å². The summed E-state index contributed by atoms with van der Waals surface area (Å²) in [4.78, 5) is 10.9. The van der Waals surface area contributed by atoms with Crippen LogP contribution in [0.4, 0.5) is 0 Å². The standard InChI is InChI=1S/C21H35NO2/c1-8-20(4,5)17-11-12-19(18(15-17)21(6,7)9-2)24-14-10-13-22-16(3)23/h11-12,15H,8-10,13-14H2,1-7H3,(H,22,23). The summed E-state index contributed by atoms with van der Waals surface area (Å²) in [5, 5.41) is 2.81. The molecule has 1 N–H and O–H groups in total. The van der Waals surface area contributed by atoms with E-state index in [4.69, 9.17) is 4.74 Å². The fourth-order valence-electron chi connectivity index (χ4n) is 2.52. The van der Waals surface area contributed by atoms with Gasteiger partial charge in [-0.25, -0.2) is 0 Å². The Balaban J connectivity index is 2.96. The minimum atomic E-state index is 0.00829. The summed E-state index contributed by atoms with van der Waals surface area (Å²) in [5.41, 5.74) is 2.89. The Morgan fingerprint density at radius 1 is 1.08 bits per heavy atom. The molecule has 3 heteroatoms. The molecule has 0 bridgehead atoms. The maximum atomic E-state index is 10.9. The lowest BCUT2D eigenvalue weighted by atomic mass is 9.76. The molecule has 0 aliphatic heterocycles. The lowest BCUT2D eigenvalue weighted by Gasteiger charge is -2.30. The summed E-state index contributed by atoms with van der Waals surface area (Å²) in [6.45, 7) is 16.4. The fourth-order valence-corrected chi connectivity index (χ4v) is 2.52. The second-order valence-corrected chi connectivity index (χ2v) is 7.87. The topological polar surface area (TPSA) is 38.3 Å². The van der Waals surface area contributed by atoms with Gasteiger partial charge in [-0.1, -0.05) is 53.7 Å². The third-order valence-electron chi connectivity index (χ3n) is 5.21. The predicted octanol–water partition coefficient (Wildman–Crippen LogP) is 4.97. The van der Waals surface area contributed by atoms with Crippen LogP contribution >= 0.6 is 0 Å². The number of benzene rings is 1. The first kappa shape index (κ1) is 20.5. The molecule has 1 rings (SSSR count). The minimum Gasteiger partial charge on any atom is -0.493 e. The van der Waals surface area contributed by atoms with Gasteiger partial charge in [0.15, 0.2) is 0 Å². The van der Waals surface area contributed by atoms with Gasteiger partial charge in [-0.2, -0.15) is 0 Å². The lowest BCUT2D eigenvalue weighted by molar-refractivity contribution is -0.118. The normalized spacial score (nSPS) is 12.1. The maximum Gasteiger partial charge on any atom is 0.216 e. The van der Waals surface area contributed by atoms with E-state index >= 15 is 0 Å². The molecule has 0 aromatic heterocycles. The SMILES string of the molecule is CCC(C)(C)c1ccc(OCCCNC(C)=O)c(C(C)(C)CC)c1.